The zero-order valence-corrected chi connectivity index (χ0v) is 16.2. The highest BCUT2D eigenvalue weighted by molar-refractivity contribution is 7.97. The Balaban J connectivity index is 1.60. The van der Waals surface area contributed by atoms with Gasteiger partial charge in [-0.15, -0.1) is 0 Å². The average Bonchev–Trinajstić information content (AvgIpc) is 3.43. The quantitative estimate of drug-likeness (QED) is 0.340. The molecule has 1 aromatic carbocycles. The van der Waals surface area contributed by atoms with Gasteiger partial charge in [-0.1, -0.05) is 30.5 Å². The molecule has 1 saturated carbocycles. The number of primary amides is 1. The van der Waals surface area contributed by atoms with Crippen LogP contribution >= 0.6 is 11.9 Å². The Kier molecular flexibility index (Phi) is 9.22. The third kappa shape index (κ3) is 7.93. The number of carbonyl (C=O) groups is 1. The summed E-state index contributed by atoms with van der Waals surface area (Å²) >= 11 is 1.62. The van der Waals surface area contributed by atoms with E-state index in [1.807, 2.05) is 19.1 Å². The van der Waals surface area contributed by atoms with Crippen LogP contribution in [0.5, 0.6) is 5.75 Å². The SMILES string of the molecule is C[C@H](NSCCCCCNCC(N)=O)c1cccc(OCC2CC2)c1F. The van der Waals surface area contributed by atoms with Crippen molar-refractivity contribution in [3.05, 3.63) is 29.6 Å². The molecule has 1 fully saturated rings. The smallest absolute Gasteiger partial charge is 0.231 e. The van der Waals surface area contributed by atoms with Crippen LogP contribution in [0.15, 0.2) is 18.2 Å². The number of hydrogen-bond donors (Lipinski definition) is 3. The van der Waals surface area contributed by atoms with Crippen molar-refractivity contribution < 1.29 is 13.9 Å². The first-order valence-corrected chi connectivity index (χ1v) is 10.3. The molecule has 7 heteroatoms. The molecule has 0 spiro atoms. The fourth-order valence-corrected chi connectivity index (χ4v) is 3.37. The van der Waals surface area contributed by atoms with Gasteiger partial charge in [0.1, 0.15) is 0 Å². The minimum atomic E-state index is -0.326. The molecule has 1 amide bonds. The van der Waals surface area contributed by atoms with Gasteiger partial charge < -0.3 is 15.8 Å². The summed E-state index contributed by atoms with van der Waals surface area (Å²) in [6.45, 7) is 3.62. The van der Waals surface area contributed by atoms with E-state index in [1.54, 1.807) is 18.0 Å². The summed E-state index contributed by atoms with van der Waals surface area (Å²) in [6.07, 6.45) is 5.54. The Morgan fingerprint density at radius 1 is 1.38 bits per heavy atom. The first kappa shape index (κ1) is 21.0. The Hall–Kier alpha value is -1.31. The summed E-state index contributed by atoms with van der Waals surface area (Å²) in [5, 5.41) is 3.00. The maximum Gasteiger partial charge on any atom is 0.231 e. The largest absolute Gasteiger partial charge is 0.490 e. The molecule has 0 aliphatic heterocycles. The molecule has 1 atom stereocenters. The first-order valence-electron chi connectivity index (χ1n) is 9.35. The van der Waals surface area contributed by atoms with Gasteiger partial charge in [0, 0.05) is 17.4 Å². The minimum Gasteiger partial charge on any atom is -0.490 e. The molecule has 1 aliphatic rings. The number of carbonyl (C=O) groups excluding carboxylic acids is 1. The number of amides is 1. The van der Waals surface area contributed by atoms with Gasteiger partial charge >= 0.3 is 0 Å². The van der Waals surface area contributed by atoms with Crippen molar-refractivity contribution in [1.29, 1.82) is 0 Å². The van der Waals surface area contributed by atoms with Gasteiger partial charge in [0.15, 0.2) is 11.6 Å². The molecule has 4 N–H and O–H groups in total. The van der Waals surface area contributed by atoms with Crippen molar-refractivity contribution >= 4 is 17.9 Å². The van der Waals surface area contributed by atoms with Crippen LogP contribution in [0.3, 0.4) is 0 Å². The summed E-state index contributed by atoms with van der Waals surface area (Å²) in [7, 11) is 0. The van der Waals surface area contributed by atoms with Crippen molar-refractivity contribution in [1.82, 2.24) is 10.0 Å². The lowest BCUT2D eigenvalue weighted by Crippen LogP contribution is -2.29. The number of benzene rings is 1. The van der Waals surface area contributed by atoms with Gasteiger partial charge in [0.25, 0.3) is 0 Å². The number of hydrogen-bond acceptors (Lipinski definition) is 5. The minimum absolute atomic E-state index is 0.0818. The van der Waals surface area contributed by atoms with Gasteiger partial charge in [-0.3, -0.25) is 9.52 Å². The van der Waals surface area contributed by atoms with Crippen LogP contribution in [-0.2, 0) is 4.79 Å². The fraction of sp³-hybridized carbons (Fsp3) is 0.632. The monoisotopic (exact) mass is 383 g/mol. The van der Waals surface area contributed by atoms with Crippen LogP contribution in [0.1, 0.15) is 50.6 Å². The second-order valence-corrected chi connectivity index (χ2v) is 7.74. The van der Waals surface area contributed by atoms with Crippen LogP contribution in [-0.4, -0.2) is 31.4 Å². The second kappa shape index (κ2) is 11.4. The molecule has 5 nitrogen and oxygen atoms in total. The van der Waals surface area contributed by atoms with Crippen molar-refractivity contribution in [3.63, 3.8) is 0 Å². The number of rotatable bonds is 14. The van der Waals surface area contributed by atoms with E-state index in [1.165, 1.54) is 12.8 Å². The molecule has 1 aliphatic carbocycles. The van der Waals surface area contributed by atoms with E-state index in [0.29, 0.717) is 23.8 Å². The van der Waals surface area contributed by atoms with E-state index in [2.05, 4.69) is 10.0 Å². The Bertz CT molecular complexity index is 570. The van der Waals surface area contributed by atoms with Gasteiger partial charge in [-0.25, -0.2) is 4.39 Å². The number of unbranched alkanes of at least 4 members (excludes halogenated alkanes) is 2. The fourth-order valence-electron chi connectivity index (χ4n) is 2.53. The highest BCUT2D eigenvalue weighted by Gasteiger charge is 2.23. The topological polar surface area (TPSA) is 76.4 Å². The van der Waals surface area contributed by atoms with Crippen LogP contribution < -0.4 is 20.5 Å². The molecule has 1 aromatic rings. The van der Waals surface area contributed by atoms with Gasteiger partial charge in [0.05, 0.1) is 13.2 Å². The standard InChI is InChI=1S/C19H30FN3O2S/c1-14(23-26-11-4-2-3-10-22-12-18(21)24)16-6-5-7-17(19(16)20)25-13-15-8-9-15/h5-7,14-15,22-23H,2-4,8-13H2,1H3,(H2,21,24)/t14-/m0/s1. The van der Waals surface area contributed by atoms with Crippen molar-refractivity contribution in [3.8, 4) is 5.75 Å². The predicted octanol–water partition coefficient (Wildman–Crippen LogP) is 3.16. The zero-order chi connectivity index (χ0) is 18.8. The normalized spacial score (nSPS) is 15.0. The van der Waals surface area contributed by atoms with E-state index in [9.17, 15) is 9.18 Å². The summed E-state index contributed by atoms with van der Waals surface area (Å²) < 4.78 is 23.5. The molecule has 26 heavy (non-hydrogen) atoms. The van der Waals surface area contributed by atoms with Crippen LogP contribution in [0, 0.1) is 11.7 Å². The number of ether oxygens (including phenoxy) is 1. The molecule has 0 heterocycles. The summed E-state index contributed by atoms with van der Waals surface area (Å²) in [6, 6.07) is 5.28. The maximum atomic E-state index is 14.6. The van der Waals surface area contributed by atoms with E-state index in [-0.39, 0.29) is 24.3 Å². The van der Waals surface area contributed by atoms with Gasteiger partial charge in [-0.05, 0) is 51.1 Å². The number of nitrogens with two attached hydrogens (primary N) is 1. The van der Waals surface area contributed by atoms with Crippen LogP contribution in [0.25, 0.3) is 0 Å². The van der Waals surface area contributed by atoms with E-state index < -0.39 is 0 Å². The molecule has 0 unspecified atom stereocenters. The predicted molar refractivity (Wildman–Crippen MR) is 105 cm³/mol. The average molecular weight is 384 g/mol. The van der Waals surface area contributed by atoms with Crippen LogP contribution in [0.2, 0.25) is 0 Å². The lowest BCUT2D eigenvalue weighted by molar-refractivity contribution is -0.117. The summed E-state index contributed by atoms with van der Waals surface area (Å²) in [5.41, 5.74) is 5.69. The van der Waals surface area contributed by atoms with E-state index >= 15 is 0 Å². The zero-order valence-electron chi connectivity index (χ0n) is 15.4. The number of halogens is 1. The maximum absolute atomic E-state index is 14.6. The Morgan fingerprint density at radius 3 is 2.92 bits per heavy atom. The Labute approximate surface area is 159 Å². The molecular weight excluding hydrogens is 353 g/mol. The molecule has 0 aromatic heterocycles. The summed E-state index contributed by atoms with van der Waals surface area (Å²) in [5.74, 6) is 1.34. The molecule has 0 radical (unpaired) electrons. The van der Waals surface area contributed by atoms with Gasteiger partial charge in [0.2, 0.25) is 5.91 Å². The lowest BCUT2D eigenvalue weighted by Gasteiger charge is -2.16. The van der Waals surface area contributed by atoms with Gasteiger partial charge in [-0.2, -0.15) is 0 Å². The third-order valence-electron chi connectivity index (χ3n) is 4.29. The molecule has 0 bridgehead atoms. The molecule has 146 valence electrons. The molecular formula is C19H30FN3O2S. The van der Waals surface area contributed by atoms with Crippen molar-refractivity contribution in [2.24, 2.45) is 11.7 Å². The first-order chi connectivity index (χ1) is 12.6. The highest BCUT2D eigenvalue weighted by atomic mass is 32.2. The van der Waals surface area contributed by atoms with Crippen molar-refractivity contribution in [2.45, 2.75) is 45.1 Å². The molecule has 0 saturated heterocycles. The van der Waals surface area contributed by atoms with E-state index in [0.717, 1.165) is 31.6 Å². The van der Waals surface area contributed by atoms with Crippen LogP contribution in [0.4, 0.5) is 4.39 Å². The Morgan fingerprint density at radius 2 is 2.19 bits per heavy atom. The second-order valence-electron chi connectivity index (χ2n) is 6.81. The van der Waals surface area contributed by atoms with Crippen molar-refractivity contribution in [2.75, 3.05) is 25.4 Å². The summed E-state index contributed by atoms with van der Waals surface area (Å²) in [4.78, 5) is 10.6. The molecule has 2 rings (SSSR count). The lowest BCUT2D eigenvalue weighted by atomic mass is 10.1. The third-order valence-corrected chi connectivity index (χ3v) is 5.30. The highest BCUT2D eigenvalue weighted by Crippen LogP contribution is 2.31. The number of nitrogens with one attached hydrogen (secondary N) is 2. The van der Waals surface area contributed by atoms with E-state index in [4.69, 9.17) is 10.5 Å².